The van der Waals surface area contributed by atoms with Crippen LogP contribution in [-0.4, -0.2) is 35.0 Å². The number of amides is 2. The van der Waals surface area contributed by atoms with Crippen LogP contribution in [0.4, 0.5) is 0 Å². The van der Waals surface area contributed by atoms with Crippen LogP contribution in [0.5, 0.6) is 5.75 Å². The Balaban J connectivity index is 1.53. The van der Waals surface area contributed by atoms with Crippen LogP contribution >= 0.6 is 0 Å². The van der Waals surface area contributed by atoms with E-state index in [-0.39, 0.29) is 42.4 Å². The number of likely N-dealkylation sites (tertiary alicyclic amines) is 1. The zero-order valence-electron chi connectivity index (χ0n) is 14.9. The Hall–Kier alpha value is -2.50. The Morgan fingerprint density at radius 3 is 2.15 bits per heavy atom. The third kappa shape index (κ3) is 3.69. The molecule has 0 aromatic heterocycles. The van der Waals surface area contributed by atoms with E-state index in [9.17, 15) is 19.2 Å². The highest BCUT2D eigenvalue weighted by Gasteiger charge is 2.47. The van der Waals surface area contributed by atoms with Gasteiger partial charge in [-0.2, -0.15) is 0 Å². The Morgan fingerprint density at radius 2 is 1.62 bits per heavy atom. The van der Waals surface area contributed by atoms with Gasteiger partial charge in [-0.1, -0.05) is 19.8 Å². The number of ketones is 1. The van der Waals surface area contributed by atoms with Crippen molar-refractivity contribution in [2.45, 2.75) is 45.4 Å². The zero-order chi connectivity index (χ0) is 18.7. The van der Waals surface area contributed by atoms with Crippen LogP contribution in [0.3, 0.4) is 0 Å². The van der Waals surface area contributed by atoms with Crippen LogP contribution in [0.15, 0.2) is 24.3 Å². The molecule has 0 spiro atoms. The summed E-state index contributed by atoms with van der Waals surface area (Å²) in [5, 5.41) is 0. The molecule has 6 nitrogen and oxygen atoms in total. The van der Waals surface area contributed by atoms with Gasteiger partial charge in [0.2, 0.25) is 11.8 Å². The molecule has 2 aliphatic rings. The molecule has 0 unspecified atom stereocenters. The van der Waals surface area contributed by atoms with Crippen molar-refractivity contribution in [1.29, 1.82) is 0 Å². The van der Waals surface area contributed by atoms with Crippen LogP contribution in [-0.2, 0) is 14.4 Å². The van der Waals surface area contributed by atoms with Gasteiger partial charge >= 0.3 is 5.97 Å². The molecule has 1 aromatic rings. The number of nitrogens with zero attached hydrogens (tertiary/aromatic N) is 1. The Kier molecular flexibility index (Phi) is 5.49. The molecule has 2 fully saturated rings. The minimum atomic E-state index is -0.505. The van der Waals surface area contributed by atoms with Gasteiger partial charge in [0, 0.05) is 18.5 Å². The molecule has 2 amide bonds. The molecule has 3 rings (SSSR count). The second-order valence-electron chi connectivity index (χ2n) is 6.85. The summed E-state index contributed by atoms with van der Waals surface area (Å²) < 4.78 is 5.23. The number of rotatable bonds is 6. The Labute approximate surface area is 152 Å². The molecule has 1 saturated carbocycles. The lowest BCUT2D eigenvalue weighted by Crippen LogP contribution is -2.33. The molecule has 0 radical (unpaired) electrons. The fourth-order valence-electron chi connectivity index (χ4n) is 3.75. The molecule has 6 heteroatoms. The number of carbonyl (C=O) groups is 4. The monoisotopic (exact) mass is 357 g/mol. The summed E-state index contributed by atoms with van der Waals surface area (Å²) in [6.07, 6.45) is 3.86. The van der Waals surface area contributed by atoms with Gasteiger partial charge in [-0.05, 0) is 37.1 Å². The van der Waals surface area contributed by atoms with E-state index in [1.807, 2.05) is 0 Å². The first-order valence-corrected chi connectivity index (χ1v) is 9.20. The van der Waals surface area contributed by atoms with Gasteiger partial charge in [-0.25, -0.2) is 0 Å². The van der Waals surface area contributed by atoms with Crippen LogP contribution in [0.25, 0.3) is 0 Å². The second kappa shape index (κ2) is 7.81. The highest BCUT2D eigenvalue weighted by atomic mass is 16.5. The van der Waals surface area contributed by atoms with Crippen LogP contribution in [0, 0.1) is 11.8 Å². The molecule has 1 aromatic carbocycles. The molecular weight excluding hydrogens is 334 g/mol. The predicted molar refractivity (Wildman–Crippen MR) is 93.5 cm³/mol. The van der Waals surface area contributed by atoms with Gasteiger partial charge < -0.3 is 4.74 Å². The number of fused-ring (bicyclic) bond motifs is 1. The molecule has 1 aliphatic heterocycles. The Morgan fingerprint density at radius 1 is 1.04 bits per heavy atom. The van der Waals surface area contributed by atoms with Crippen molar-refractivity contribution >= 4 is 23.6 Å². The maximum absolute atomic E-state index is 12.4. The van der Waals surface area contributed by atoms with Crippen molar-refractivity contribution in [3.63, 3.8) is 0 Å². The highest BCUT2D eigenvalue weighted by Crippen LogP contribution is 2.37. The van der Waals surface area contributed by atoms with Crippen molar-refractivity contribution in [3.05, 3.63) is 29.8 Å². The molecule has 26 heavy (non-hydrogen) atoms. The van der Waals surface area contributed by atoms with E-state index < -0.39 is 5.97 Å². The summed E-state index contributed by atoms with van der Waals surface area (Å²) in [4.78, 5) is 49.6. The van der Waals surface area contributed by atoms with E-state index in [4.69, 9.17) is 4.74 Å². The van der Waals surface area contributed by atoms with Crippen molar-refractivity contribution in [2.24, 2.45) is 11.8 Å². The third-order valence-electron chi connectivity index (χ3n) is 5.20. The van der Waals surface area contributed by atoms with E-state index >= 15 is 0 Å². The maximum atomic E-state index is 12.4. The number of benzene rings is 1. The highest BCUT2D eigenvalue weighted by molar-refractivity contribution is 6.05. The molecule has 0 bridgehead atoms. The second-order valence-corrected chi connectivity index (χ2v) is 6.85. The average Bonchev–Trinajstić information content (AvgIpc) is 2.91. The number of hydrogen-bond acceptors (Lipinski definition) is 5. The summed E-state index contributed by atoms with van der Waals surface area (Å²) in [5.74, 6) is -0.822. The van der Waals surface area contributed by atoms with Crippen molar-refractivity contribution in [1.82, 2.24) is 4.90 Å². The van der Waals surface area contributed by atoms with Crippen LogP contribution in [0.2, 0.25) is 0 Å². The number of carbonyl (C=O) groups excluding carboxylic acids is 4. The van der Waals surface area contributed by atoms with Gasteiger partial charge in [0.05, 0.1) is 18.3 Å². The van der Waals surface area contributed by atoms with Crippen LogP contribution < -0.4 is 4.74 Å². The number of esters is 1. The third-order valence-corrected chi connectivity index (χ3v) is 5.20. The van der Waals surface area contributed by atoms with Crippen molar-refractivity contribution in [2.75, 3.05) is 6.54 Å². The lowest BCUT2D eigenvalue weighted by Gasteiger charge is -2.19. The maximum Gasteiger partial charge on any atom is 0.312 e. The fraction of sp³-hybridized carbons (Fsp3) is 0.500. The first kappa shape index (κ1) is 18.3. The zero-order valence-corrected chi connectivity index (χ0v) is 14.9. The first-order valence-electron chi connectivity index (χ1n) is 9.20. The largest absolute Gasteiger partial charge is 0.426 e. The molecular formula is C20H23NO5. The normalized spacial score (nSPS) is 22.3. The van der Waals surface area contributed by atoms with Gasteiger partial charge in [-0.3, -0.25) is 24.1 Å². The van der Waals surface area contributed by atoms with E-state index in [2.05, 4.69) is 0 Å². The van der Waals surface area contributed by atoms with Crippen molar-refractivity contribution in [3.8, 4) is 5.75 Å². The minimum Gasteiger partial charge on any atom is -0.426 e. The van der Waals surface area contributed by atoms with Gasteiger partial charge in [-0.15, -0.1) is 0 Å². The molecule has 1 heterocycles. The van der Waals surface area contributed by atoms with E-state index in [1.165, 1.54) is 4.90 Å². The lowest BCUT2D eigenvalue weighted by molar-refractivity contribution is -0.141. The number of Topliss-reactive ketones (excluding diaryl/α,β-unsaturated/α-hetero) is 1. The Bertz CT molecular complexity index is 700. The standard InChI is InChI=1S/C20H23NO5/c1-2-17(22)13-7-9-14(10-8-13)26-18(23)11-12-21-19(24)15-5-3-4-6-16(15)20(21)25/h7-10,15-16H,2-6,11-12H2,1H3/t15-,16-/m1/s1. The molecule has 0 N–H and O–H groups in total. The number of ether oxygens (including phenoxy) is 1. The van der Waals surface area contributed by atoms with Gasteiger partial charge in [0.25, 0.3) is 0 Å². The molecule has 1 saturated heterocycles. The molecule has 2 atom stereocenters. The minimum absolute atomic E-state index is 0.0235. The topological polar surface area (TPSA) is 80.8 Å². The lowest BCUT2D eigenvalue weighted by atomic mass is 9.81. The number of hydrogen-bond donors (Lipinski definition) is 0. The molecule has 138 valence electrons. The summed E-state index contributed by atoms with van der Waals surface area (Å²) >= 11 is 0. The molecule has 1 aliphatic carbocycles. The predicted octanol–water partition coefficient (Wildman–Crippen LogP) is 2.75. The SMILES string of the molecule is CCC(=O)c1ccc(OC(=O)CCN2C(=O)[C@@H]3CCCC[C@H]3C2=O)cc1. The summed E-state index contributed by atoms with van der Waals surface area (Å²) in [6, 6.07) is 6.38. The van der Waals surface area contributed by atoms with Gasteiger partial charge in [0.15, 0.2) is 5.78 Å². The summed E-state index contributed by atoms with van der Waals surface area (Å²) in [5.41, 5.74) is 0.572. The van der Waals surface area contributed by atoms with Crippen LogP contribution in [0.1, 0.15) is 55.8 Å². The average molecular weight is 357 g/mol. The van der Waals surface area contributed by atoms with E-state index in [1.54, 1.807) is 31.2 Å². The summed E-state index contributed by atoms with van der Waals surface area (Å²) in [6.45, 7) is 1.85. The smallest absolute Gasteiger partial charge is 0.312 e. The first-order chi connectivity index (χ1) is 12.5. The van der Waals surface area contributed by atoms with E-state index in [0.717, 1.165) is 25.7 Å². The quantitative estimate of drug-likeness (QED) is 0.338. The summed E-state index contributed by atoms with van der Waals surface area (Å²) in [7, 11) is 0. The number of imide groups is 1. The van der Waals surface area contributed by atoms with Gasteiger partial charge in [0.1, 0.15) is 5.75 Å². The van der Waals surface area contributed by atoms with E-state index in [0.29, 0.717) is 17.7 Å². The van der Waals surface area contributed by atoms with Crippen molar-refractivity contribution < 1.29 is 23.9 Å². The fourth-order valence-corrected chi connectivity index (χ4v) is 3.75.